The van der Waals surface area contributed by atoms with Gasteiger partial charge in [0.25, 0.3) is 0 Å². The molecule has 0 aromatic heterocycles. The topological polar surface area (TPSA) is 70.7 Å². The zero-order valence-corrected chi connectivity index (χ0v) is 20.2. The third kappa shape index (κ3) is 5.38. The second-order valence-electron chi connectivity index (χ2n) is 10.2. The van der Waals surface area contributed by atoms with Crippen molar-refractivity contribution in [3.63, 3.8) is 0 Å². The van der Waals surface area contributed by atoms with Crippen LogP contribution >= 0.6 is 0 Å². The highest BCUT2D eigenvalue weighted by Gasteiger charge is 2.51. The Morgan fingerprint density at radius 3 is 2.46 bits per heavy atom. The number of likely N-dealkylation sites (tertiary alicyclic amines) is 1. The zero-order valence-electron chi connectivity index (χ0n) is 20.2. The second-order valence-corrected chi connectivity index (χ2v) is 10.2. The summed E-state index contributed by atoms with van der Waals surface area (Å²) in [6.45, 7) is 0.847. The van der Waals surface area contributed by atoms with Crippen LogP contribution in [0.3, 0.4) is 0 Å². The number of ether oxygens (including phenoxy) is 1. The Morgan fingerprint density at radius 1 is 1.11 bits per heavy atom. The van der Waals surface area contributed by atoms with Crippen LogP contribution in [0.5, 0.6) is 5.75 Å². The van der Waals surface area contributed by atoms with Gasteiger partial charge in [-0.3, -0.25) is 4.79 Å². The van der Waals surface area contributed by atoms with Gasteiger partial charge in [0.05, 0.1) is 12.1 Å². The van der Waals surface area contributed by atoms with Crippen molar-refractivity contribution in [2.75, 3.05) is 26.2 Å². The van der Waals surface area contributed by atoms with Gasteiger partial charge in [0.15, 0.2) is 5.92 Å². The first-order valence-electron chi connectivity index (χ1n) is 12.5. The van der Waals surface area contributed by atoms with E-state index in [1.54, 1.807) is 12.1 Å². The molecular formula is C27H29F4N3O3. The molecule has 1 aliphatic carbocycles. The first-order valence-corrected chi connectivity index (χ1v) is 12.5. The normalized spacial score (nSPS) is 22.2. The SMILES string of the molecule is O=C1NCC(c2ccc(F)cc2OCC2CC2)C2(CCN(C(=O)C(c3ccccc3)C(F)(F)F)CC2)N1. The number of carbonyl (C=O) groups excluding carboxylic acids is 2. The minimum absolute atomic E-state index is 0.0501. The Kier molecular flexibility index (Phi) is 6.76. The molecule has 2 atom stereocenters. The fraction of sp³-hybridized carbons (Fsp3) is 0.481. The van der Waals surface area contributed by atoms with E-state index in [1.165, 1.54) is 41.3 Å². The molecule has 1 saturated carbocycles. The van der Waals surface area contributed by atoms with Crippen molar-refractivity contribution in [2.45, 2.75) is 49.2 Å². The van der Waals surface area contributed by atoms with Crippen molar-refractivity contribution in [3.05, 3.63) is 65.5 Å². The maximum absolute atomic E-state index is 14.1. The predicted octanol–water partition coefficient (Wildman–Crippen LogP) is 4.72. The number of amides is 3. The molecule has 2 N–H and O–H groups in total. The number of piperidine rings is 1. The van der Waals surface area contributed by atoms with E-state index in [9.17, 15) is 27.2 Å². The molecule has 37 heavy (non-hydrogen) atoms. The predicted molar refractivity (Wildman–Crippen MR) is 128 cm³/mol. The molecule has 2 unspecified atom stereocenters. The third-order valence-corrected chi connectivity index (χ3v) is 7.69. The number of hydrogen-bond acceptors (Lipinski definition) is 3. The van der Waals surface area contributed by atoms with Gasteiger partial charge in [-0.1, -0.05) is 36.4 Å². The number of hydrogen-bond donors (Lipinski definition) is 2. The largest absolute Gasteiger partial charge is 0.493 e. The lowest BCUT2D eigenvalue weighted by atomic mass is 9.71. The average Bonchev–Trinajstić information content (AvgIpc) is 3.68. The number of urea groups is 1. The van der Waals surface area contributed by atoms with Crippen molar-refractivity contribution in [3.8, 4) is 5.75 Å². The summed E-state index contributed by atoms with van der Waals surface area (Å²) < 4.78 is 61.9. The van der Waals surface area contributed by atoms with E-state index in [0.717, 1.165) is 18.4 Å². The summed E-state index contributed by atoms with van der Waals surface area (Å²) in [4.78, 5) is 26.7. The fourth-order valence-electron chi connectivity index (χ4n) is 5.47. The highest BCUT2D eigenvalue weighted by atomic mass is 19.4. The Morgan fingerprint density at radius 2 is 1.81 bits per heavy atom. The van der Waals surface area contributed by atoms with Crippen molar-refractivity contribution in [2.24, 2.45) is 5.92 Å². The monoisotopic (exact) mass is 519 g/mol. The lowest BCUT2D eigenvalue weighted by Crippen LogP contribution is -2.66. The van der Waals surface area contributed by atoms with Crippen LogP contribution in [-0.2, 0) is 4.79 Å². The van der Waals surface area contributed by atoms with E-state index in [1.807, 2.05) is 0 Å². The van der Waals surface area contributed by atoms with E-state index in [0.29, 0.717) is 18.3 Å². The van der Waals surface area contributed by atoms with Crippen LogP contribution in [0, 0.1) is 11.7 Å². The Hall–Kier alpha value is -3.30. The van der Waals surface area contributed by atoms with Crippen molar-refractivity contribution < 1.29 is 31.9 Å². The molecule has 0 bridgehead atoms. The van der Waals surface area contributed by atoms with Crippen LogP contribution in [-0.4, -0.2) is 54.8 Å². The van der Waals surface area contributed by atoms with E-state index in [4.69, 9.17) is 4.74 Å². The van der Waals surface area contributed by atoms with Crippen molar-refractivity contribution in [1.29, 1.82) is 0 Å². The Labute approximate surface area is 212 Å². The van der Waals surface area contributed by atoms with Crippen LogP contribution in [0.15, 0.2) is 48.5 Å². The molecular weight excluding hydrogens is 490 g/mol. The molecule has 198 valence electrons. The first kappa shape index (κ1) is 25.4. The lowest BCUT2D eigenvalue weighted by Gasteiger charge is -2.50. The molecule has 6 nitrogen and oxygen atoms in total. The van der Waals surface area contributed by atoms with Crippen LogP contribution < -0.4 is 15.4 Å². The van der Waals surface area contributed by atoms with Gasteiger partial charge in [-0.15, -0.1) is 0 Å². The van der Waals surface area contributed by atoms with Gasteiger partial charge in [0.2, 0.25) is 5.91 Å². The highest BCUT2D eigenvalue weighted by molar-refractivity contribution is 5.85. The second kappa shape index (κ2) is 9.87. The molecule has 1 spiro atoms. The van der Waals surface area contributed by atoms with E-state index >= 15 is 0 Å². The average molecular weight is 520 g/mol. The molecule has 3 aliphatic rings. The van der Waals surface area contributed by atoms with E-state index in [2.05, 4.69) is 10.6 Å². The maximum Gasteiger partial charge on any atom is 0.404 e. The summed E-state index contributed by atoms with van der Waals surface area (Å²) in [6, 6.07) is 11.1. The maximum atomic E-state index is 14.1. The summed E-state index contributed by atoms with van der Waals surface area (Å²) in [5.74, 6) is -3.13. The molecule has 2 heterocycles. The molecule has 3 amide bonds. The smallest absolute Gasteiger partial charge is 0.404 e. The van der Waals surface area contributed by atoms with Crippen molar-refractivity contribution in [1.82, 2.24) is 15.5 Å². The summed E-state index contributed by atoms with van der Waals surface area (Å²) in [5.41, 5.74) is -0.182. The number of benzene rings is 2. The summed E-state index contributed by atoms with van der Waals surface area (Å²) in [7, 11) is 0. The standard InChI is InChI=1S/C27H29F4N3O3/c28-19-8-9-20(22(14-19)37-16-17-6-7-17)21-15-32-25(36)33-26(21)10-12-34(13-11-26)24(35)23(27(29,30)31)18-4-2-1-3-5-18/h1-5,8-9,14,17,21,23H,6-7,10-13,15-16H2,(H2,32,33,36). The van der Waals surface area contributed by atoms with Gasteiger partial charge in [0, 0.05) is 37.2 Å². The number of rotatable bonds is 6. The minimum atomic E-state index is -4.74. The first-order chi connectivity index (χ1) is 17.7. The van der Waals surface area contributed by atoms with Crippen molar-refractivity contribution >= 4 is 11.9 Å². The number of halogens is 4. The summed E-state index contributed by atoms with van der Waals surface area (Å²) >= 11 is 0. The molecule has 2 aromatic rings. The molecule has 0 radical (unpaired) electrons. The lowest BCUT2D eigenvalue weighted by molar-refractivity contribution is -0.173. The molecule has 2 aliphatic heterocycles. The highest BCUT2D eigenvalue weighted by Crippen LogP contribution is 2.44. The number of nitrogens with zero attached hydrogens (tertiary/aromatic N) is 1. The number of alkyl halides is 3. The summed E-state index contributed by atoms with van der Waals surface area (Å²) in [5, 5.41) is 5.78. The van der Waals surface area contributed by atoms with Crippen LogP contribution in [0.1, 0.15) is 48.6 Å². The van der Waals surface area contributed by atoms with Gasteiger partial charge < -0.3 is 20.3 Å². The zero-order chi connectivity index (χ0) is 26.2. The molecule has 2 aromatic carbocycles. The Bertz CT molecular complexity index is 1150. The molecule has 5 rings (SSSR count). The molecule has 3 fully saturated rings. The number of nitrogens with one attached hydrogen (secondary N) is 2. The van der Waals surface area contributed by atoms with E-state index < -0.39 is 29.4 Å². The molecule has 10 heteroatoms. The molecule has 2 saturated heterocycles. The quantitative estimate of drug-likeness (QED) is 0.543. The third-order valence-electron chi connectivity index (χ3n) is 7.69. The van der Waals surface area contributed by atoms with E-state index in [-0.39, 0.29) is 50.0 Å². The minimum Gasteiger partial charge on any atom is -0.493 e. The van der Waals surface area contributed by atoms with Crippen LogP contribution in [0.25, 0.3) is 0 Å². The van der Waals surface area contributed by atoms with Gasteiger partial charge in [-0.05, 0) is 43.2 Å². The van der Waals surface area contributed by atoms with Gasteiger partial charge in [0.1, 0.15) is 11.6 Å². The summed E-state index contributed by atoms with van der Waals surface area (Å²) in [6.07, 6.45) is -2.07. The van der Waals surface area contributed by atoms with Gasteiger partial charge >= 0.3 is 12.2 Å². The van der Waals surface area contributed by atoms with Gasteiger partial charge in [-0.2, -0.15) is 13.2 Å². The van der Waals surface area contributed by atoms with Crippen LogP contribution in [0.4, 0.5) is 22.4 Å². The fourth-order valence-corrected chi connectivity index (χ4v) is 5.47. The van der Waals surface area contributed by atoms with Crippen LogP contribution in [0.2, 0.25) is 0 Å². The Balaban J connectivity index is 1.38. The van der Waals surface area contributed by atoms with Gasteiger partial charge in [-0.25, -0.2) is 9.18 Å². The number of carbonyl (C=O) groups is 2.